The number of aromatic nitrogens is 2. The molecule has 6 heteroatoms. The third kappa shape index (κ3) is 3.72. The maximum atomic E-state index is 5.99. The topological polar surface area (TPSA) is 51.0 Å². The molecule has 0 aliphatic carbocycles. The van der Waals surface area contributed by atoms with Gasteiger partial charge in [0.2, 0.25) is 11.8 Å². The van der Waals surface area contributed by atoms with E-state index < -0.39 is 0 Å². The lowest BCUT2D eigenvalue weighted by Gasteiger charge is -2.10. The minimum Gasteiger partial charge on any atom is -0.423 e. The van der Waals surface area contributed by atoms with Gasteiger partial charge in [0.1, 0.15) is 0 Å². The summed E-state index contributed by atoms with van der Waals surface area (Å²) in [5.41, 5.74) is 0.992. The number of rotatable bonds is 6. The second-order valence-corrected chi connectivity index (χ2v) is 5.29. The molecule has 0 saturated heterocycles. The first-order valence-electron chi connectivity index (χ1n) is 6.63. The molecule has 4 nitrogen and oxygen atoms in total. The summed E-state index contributed by atoms with van der Waals surface area (Å²) < 4.78 is 5.70. The van der Waals surface area contributed by atoms with Crippen LogP contribution in [0.4, 0.5) is 0 Å². The molecular weight excluding hydrogens is 297 g/mol. The Balaban J connectivity index is 2.10. The van der Waals surface area contributed by atoms with Gasteiger partial charge in [-0.2, -0.15) is 0 Å². The standard InChI is InChI=1S/C14H17Cl2N3O/c1-3-12(17-4-2)14-19-18-13(20-14)8-9-5-6-10(15)11(16)7-9/h5-7,12,17H,3-4,8H2,1-2H3. The van der Waals surface area contributed by atoms with Crippen LogP contribution in [0.1, 0.15) is 43.7 Å². The molecule has 20 heavy (non-hydrogen) atoms. The average Bonchev–Trinajstić information content (AvgIpc) is 2.88. The number of nitrogens with one attached hydrogen (secondary N) is 1. The summed E-state index contributed by atoms with van der Waals surface area (Å²) in [6.07, 6.45) is 1.45. The summed E-state index contributed by atoms with van der Waals surface area (Å²) in [5, 5.41) is 12.6. The molecule has 108 valence electrons. The predicted molar refractivity (Wildman–Crippen MR) is 80.3 cm³/mol. The Labute approximate surface area is 128 Å². The van der Waals surface area contributed by atoms with Gasteiger partial charge in [0.25, 0.3) is 0 Å². The minimum absolute atomic E-state index is 0.107. The molecule has 0 bridgehead atoms. The Morgan fingerprint density at radius 3 is 2.65 bits per heavy atom. The van der Waals surface area contributed by atoms with Crippen LogP contribution >= 0.6 is 23.2 Å². The third-order valence-electron chi connectivity index (χ3n) is 2.98. The van der Waals surface area contributed by atoms with Crippen molar-refractivity contribution in [2.24, 2.45) is 0 Å². The maximum absolute atomic E-state index is 5.99. The maximum Gasteiger partial charge on any atom is 0.233 e. The quantitative estimate of drug-likeness (QED) is 0.874. The number of hydrogen-bond donors (Lipinski definition) is 1. The highest BCUT2D eigenvalue weighted by molar-refractivity contribution is 6.42. The molecule has 0 fully saturated rings. The summed E-state index contributed by atoms with van der Waals surface area (Å²) in [5.74, 6) is 1.21. The van der Waals surface area contributed by atoms with Gasteiger partial charge in [-0.25, -0.2) is 0 Å². The van der Waals surface area contributed by atoms with Gasteiger partial charge in [-0.05, 0) is 30.7 Å². The second-order valence-electron chi connectivity index (χ2n) is 4.48. The van der Waals surface area contributed by atoms with E-state index in [0.717, 1.165) is 18.5 Å². The molecule has 2 aromatic rings. The fraction of sp³-hybridized carbons (Fsp3) is 0.429. The van der Waals surface area contributed by atoms with Crippen LogP contribution in [0.25, 0.3) is 0 Å². The molecule has 1 heterocycles. The highest BCUT2D eigenvalue weighted by Gasteiger charge is 2.16. The van der Waals surface area contributed by atoms with Crippen LogP contribution < -0.4 is 5.32 Å². The van der Waals surface area contributed by atoms with Crippen molar-refractivity contribution in [2.75, 3.05) is 6.54 Å². The van der Waals surface area contributed by atoms with E-state index in [9.17, 15) is 0 Å². The van der Waals surface area contributed by atoms with Gasteiger partial charge in [-0.1, -0.05) is 43.1 Å². The molecule has 0 radical (unpaired) electrons. The van der Waals surface area contributed by atoms with Gasteiger partial charge in [0.05, 0.1) is 22.5 Å². The minimum atomic E-state index is 0.107. The van der Waals surface area contributed by atoms with Crippen molar-refractivity contribution in [1.29, 1.82) is 0 Å². The largest absolute Gasteiger partial charge is 0.423 e. The van der Waals surface area contributed by atoms with Crippen molar-refractivity contribution >= 4 is 23.2 Å². The molecule has 1 atom stereocenters. The van der Waals surface area contributed by atoms with Gasteiger partial charge in [-0.15, -0.1) is 10.2 Å². The normalized spacial score (nSPS) is 12.6. The number of halogens is 2. The van der Waals surface area contributed by atoms with Crippen LogP contribution in [-0.4, -0.2) is 16.7 Å². The van der Waals surface area contributed by atoms with Crippen molar-refractivity contribution in [2.45, 2.75) is 32.7 Å². The van der Waals surface area contributed by atoms with Crippen LogP contribution in [0.5, 0.6) is 0 Å². The van der Waals surface area contributed by atoms with Crippen molar-refractivity contribution in [3.05, 3.63) is 45.6 Å². The van der Waals surface area contributed by atoms with Crippen molar-refractivity contribution in [3.63, 3.8) is 0 Å². The summed E-state index contributed by atoms with van der Waals surface area (Å²) in [7, 11) is 0. The molecule has 1 aromatic carbocycles. The fourth-order valence-electron chi connectivity index (χ4n) is 1.96. The molecule has 2 rings (SSSR count). The molecule has 0 saturated carbocycles. The van der Waals surface area contributed by atoms with Crippen LogP contribution in [-0.2, 0) is 6.42 Å². The van der Waals surface area contributed by atoms with Gasteiger partial charge < -0.3 is 9.73 Å². The highest BCUT2D eigenvalue weighted by atomic mass is 35.5. The first-order chi connectivity index (χ1) is 9.63. The van der Waals surface area contributed by atoms with Gasteiger partial charge in [-0.3, -0.25) is 0 Å². The van der Waals surface area contributed by atoms with Crippen LogP contribution in [0, 0.1) is 0 Å². The Kier molecular flexibility index (Phi) is 5.40. The molecule has 0 amide bonds. The van der Waals surface area contributed by atoms with Crippen LogP contribution in [0.15, 0.2) is 22.6 Å². The van der Waals surface area contributed by atoms with E-state index in [1.54, 1.807) is 6.07 Å². The van der Waals surface area contributed by atoms with Gasteiger partial charge >= 0.3 is 0 Å². The van der Waals surface area contributed by atoms with E-state index in [1.807, 2.05) is 12.1 Å². The van der Waals surface area contributed by atoms with Crippen LogP contribution in [0.2, 0.25) is 10.0 Å². The third-order valence-corrected chi connectivity index (χ3v) is 3.72. The Morgan fingerprint density at radius 2 is 2.00 bits per heavy atom. The Hall–Kier alpha value is -1.10. The molecule has 0 spiro atoms. The molecular formula is C14H17Cl2N3O. The van der Waals surface area contributed by atoms with E-state index in [-0.39, 0.29) is 6.04 Å². The summed E-state index contributed by atoms with van der Waals surface area (Å²) in [4.78, 5) is 0. The first kappa shape index (κ1) is 15.3. The van der Waals surface area contributed by atoms with E-state index >= 15 is 0 Å². The van der Waals surface area contributed by atoms with Crippen molar-refractivity contribution in [3.8, 4) is 0 Å². The van der Waals surface area contributed by atoms with E-state index in [2.05, 4.69) is 29.4 Å². The molecule has 1 aromatic heterocycles. The SMILES string of the molecule is CCNC(CC)c1nnc(Cc2ccc(Cl)c(Cl)c2)o1. The highest BCUT2D eigenvalue weighted by Crippen LogP contribution is 2.24. The summed E-state index contributed by atoms with van der Waals surface area (Å²) >= 11 is 11.9. The zero-order chi connectivity index (χ0) is 14.5. The van der Waals surface area contributed by atoms with Crippen LogP contribution in [0.3, 0.4) is 0 Å². The first-order valence-corrected chi connectivity index (χ1v) is 7.39. The zero-order valence-electron chi connectivity index (χ0n) is 11.5. The lowest BCUT2D eigenvalue weighted by atomic mass is 10.1. The number of nitrogens with zero attached hydrogens (tertiary/aromatic N) is 2. The molecule has 1 unspecified atom stereocenters. The Morgan fingerprint density at radius 1 is 1.20 bits per heavy atom. The molecule has 0 aliphatic rings. The van der Waals surface area contributed by atoms with Crippen molar-refractivity contribution in [1.82, 2.24) is 15.5 Å². The fourth-order valence-corrected chi connectivity index (χ4v) is 2.28. The smallest absolute Gasteiger partial charge is 0.233 e. The second kappa shape index (κ2) is 7.07. The lowest BCUT2D eigenvalue weighted by Crippen LogP contribution is -2.20. The van der Waals surface area contributed by atoms with Crippen molar-refractivity contribution < 1.29 is 4.42 Å². The molecule has 0 aliphatic heterocycles. The zero-order valence-corrected chi connectivity index (χ0v) is 13.0. The van der Waals surface area contributed by atoms with E-state index in [1.165, 1.54) is 0 Å². The van der Waals surface area contributed by atoms with E-state index in [0.29, 0.717) is 28.2 Å². The van der Waals surface area contributed by atoms with Gasteiger partial charge in [0.15, 0.2) is 0 Å². The Bertz CT molecular complexity index is 571. The van der Waals surface area contributed by atoms with Gasteiger partial charge in [0, 0.05) is 0 Å². The lowest BCUT2D eigenvalue weighted by molar-refractivity contribution is 0.380. The molecule has 1 N–H and O–H groups in total. The number of hydrogen-bond acceptors (Lipinski definition) is 4. The van der Waals surface area contributed by atoms with E-state index in [4.69, 9.17) is 27.6 Å². The average molecular weight is 314 g/mol. The predicted octanol–water partition coefficient (Wildman–Crippen LogP) is 4.03. The summed E-state index contributed by atoms with van der Waals surface area (Å²) in [6.45, 7) is 4.99. The monoisotopic (exact) mass is 313 g/mol. The number of benzene rings is 1. The summed E-state index contributed by atoms with van der Waals surface area (Å²) in [6, 6.07) is 5.59.